The SMILES string of the molecule is C=NC(=NC(=NCc1ccccc1)c1ccccc1)c1cc(-c2ccc3c(/C=C\CC)c(C)ccc3c2)cc(-c2cncc3ccccc23)c1. The quantitative estimate of drug-likeness (QED) is 0.120. The molecule has 0 unspecified atom stereocenters. The van der Waals surface area contributed by atoms with E-state index in [2.05, 4.69) is 122 Å². The first-order chi connectivity index (χ1) is 24.6. The van der Waals surface area contributed by atoms with Crippen LogP contribution in [0.15, 0.2) is 167 Å². The summed E-state index contributed by atoms with van der Waals surface area (Å²) in [7, 11) is 0. The summed E-state index contributed by atoms with van der Waals surface area (Å²) < 4.78 is 0. The van der Waals surface area contributed by atoms with Gasteiger partial charge in [0, 0.05) is 34.5 Å². The second-order valence-electron chi connectivity index (χ2n) is 12.3. The Morgan fingerprint density at radius 3 is 2.22 bits per heavy atom. The second-order valence-corrected chi connectivity index (χ2v) is 12.3. The van der Waals surface area contributed by atoms with Gasteiger partial charge in [0.2, 0.25) is 0 Å². The zero-order chi connectivity index (χ0) is 34.3. The summed E-state index contributed by atoms with van der Waals surface area (Å²) in [5.74, 6) is 1.10. The minimum Gasteiger partial charge on any atom is -0.263 e. The smallest absolute Gasteiger partial charge is 0.161 e. The number of benzene rings is 6. The standard InChI is InChI=1S/C46H38N4/c1-4-5-19-41-32(2)21-22-36-25-35(23-24-43(36)41)38-26-39(44-31-48-30-37-18-12-13-20-42(37)44)28-40(27-38)45(47-3)50-46(34-16-10-7-11-17-34)49-29-33-14-8-6-9-15-33/h5-28,30-31H,3-4,29H2,1-2H3/b19-5-,49-46?,50-45?. The number of rotatable bonds is 8. The first-order valence-electron chi connectivity index (χ1n) is 17.0. The van der Waals surface area contributed by atoms with E-state index in [0.717, 1.165) is 56.1 Å². The average Bonchev–Trinajstić information content (AvgIpc) is 3.18. The molecule has 4 heteroatoms. The summed E-state index contributed by atoms with van der Waals surface area (Å²) in [6.45, 7) is 8.82. The van der Waals surface area contributed by atoms with Crippen LogP contribution in [0.4, 0.5) is 0 Å². The first-order valence-corrected chi connectivity index (χ1v) is 17.0. The molecule has 0 aliphatic rings. The van der Waals surface area contributed by atoms with Gasteiger partial charge in [0.25, 0.3) is 0 Å². The maximum Gasteiger partial charge on any atom is 0.161 e. The normalized spacial score (nSPS) is 12.2. The van der Waals surface area contributed by atoms with Crippen molar-refractivity contribution in [3.63, 3.8) is 0 Å². The molecule has 0 fully saturated rings. The van der Waals surface area contributed by atoms with E-state index >= 15 is 0 Å². The van der Waals surface area contributed by atoms with Gasteiger partial charge in [-0.25, -0.2) is 9.98 Å². The fourth-order valence-electron chi connectivity index (χ4n) is 6.34. The van der Waals surface area contributed by atoms with Crippen molar-refractivity contribution in [2.24, 2.45) is 15.0 Å². The summed E-state index contributed by atoms with van der Waals surface area (Å²) in [6.07, 6.45) is 9.31. The zero-order valence-corrected chi connectivity index (χ0v) is 28.4. The van der Waals surface area contributed by atoms with E-state index in [0.29, 0.717) is 18.2 Å². The Kier molecular flexibility index (Phi) is 9.61. The van der Waals surface area contributed by atoms with Crippen LogP contribution in [0.2, 0.25) is 0 Å². The lowest BCUT2D eigenvalue weighted by molar-refractivity contribution is 1.06. The van der Waals surface area contributed by atoms with Gasteiger partial charge in [0.15, 0.2) is 11.7 Å². The molecule has 242 valence electrons. The highest BCUT2D eigenvalue weighted by molar-refractivity contribution is 6.13. The third-order valence-corrected chi connectivity index (χ3v) is 8.95. The van der Waals surface area contributed by atoms with Crippen molar-refractivity contribution in [2.75, 3.05) is 0 Å². The Hall–Kier alpha value is -6.26. The van der Waals surface area contributed by atoms with E-state index in [9.17, 15) is 0 Å². The van der Waals surface area contributed by atoms with Crippen LogP contribution in [0.25, 0.3) is 49.9 Å². The Bertz CT molecular complexity index is 2400. The van der Waals surface area contributed by atoms with Crippen LogP contribution in [0.1, 0.15) is 41.2 Å². The number of amidine groups is 2. The van der Waals surface area contributed by atoms with Gasteiger partial charge in [-0.2, -0.15) is 0 Å². The van der Waals surface area contributed by atoms with Gasteiger partial charge >= 0.3 is 0 Å². The van der Waals surface area contributed by atoms with Gasteiger partial charge in [0.05, 0.1) is 6.54 Å². The summed E-state index contributed by atoms with van der Waals surface area (Å²) >= 11 is 0. The van der Waals surface area contributed by atoms with Crippen molar-refractivity contribution in [1.82, 2.24) is 4.98 Å². The third kappa shape index (κ3) is 6.96. The number of aryl methyl sites for hydroxylation is 1. The molecule has 0 N–H and O–H groups in total. The van der Waals surface area contributed by atoms with Gasteiger partial charge < -0.3 is 0 Å². The summed E-state index contributed by atoms with van der Waals surface area (Å²) in [6, 6.07) is 46.3. The molecular weight excluding hydrogens is 609 g/mol. The first kappa shape index (κ1) is 32.3. The van der Waals surface area contributed by atoms with Crippen molar-refractivity contribution in [3.8, 4) is 22.3 Å². The molecule has 4 nitrogen and oxygen atoms in total. The molecule has 0 saturated carbocycles. The van der Waals surface area contributed by atoms with E-state index < -0.39 is 0 Å². The Morgan fingerprint density at radius 2 is 1.42 bits per heavy atom. The fraction of sp³-hybridized carbons (Fsp3) is 0.0870. The Labute approximate surface area is 294 Å². The molecule has 0 amide bonds. The predicted octanol–water partition coefficient (Wildman–Crippen LogP) is 11.5. The molecule has 7 rings (SSSR count). The van der Waals surface area contributed by atoms with E-state index in [1.54, 1.807) is 0 Å². The van der Waals surface area contributed by atoms with Crippen LogP contribution in [0.5, 0.6) is 0 Å². The van der Waals surface area contributed by atoms with E-state index in [1.165, 1.54) is 21.9 Å². The highest BCUT2D eigenvalue weighted by atomic mass is 15.0. The number of hydrogen-bond donors (Lipinski definition) is 0. The van der Waals surface area contributed by atoms with Crippen LogP contribution in [-0.4, -0.2) is 23.4 Å². The lowest BCUT2D eigenvalue weighted by Crippen LogP contribution is -2.06. The molecule has 0 aliphatic heterocycles. The maximum absolute atomic E-state index is 5.10. The van der Waals surface area contributed by atoms with Crippen LogP contribution in [0.3, 0.4) is 0 Å². The van der Waals surface area contributed by atoms with Crippen LogP contribution < -0.4 is 0 Å². The molecule has 0 aliphatic carbocycles. The van der Waals surface area contributed by atoms with Crippen molar-refractivity contribution < 1.29 is 0 Å². The van der Waals surface area contributed by atoms with Crippen molar-refractivity contribution in [1.29, 1.82) is 0 Å². The molecule has 7 aromatic rings. The summed E-state index contributed by atoms with van der Waals surface area (Å²) in [5, 5.41) is 4.65. The second kappa shape index (κ2) is 14.9. The molecule has 6 aromatic carbocycles. The Balaban J connectivity index is 1.41. The van der Waals surface area contributed by atoms with Crippen molar-refractivity contribution in [3.05, 3.63) is 180 Å². The third-order valence-electron chi connectivity index (χ3n) is 8.95. The van der Waals surface area contributed by atoms with Gasteiger partial charge in [-0.1, -0.05) is 128 Å². The van der Waals surface area contributed by atoms with Gasteiger partial charge in [-0.15, -0.1) is 0 Å². The topological polar surface area (TPSA) is 50.0 Å². The van der Waals surface area contributed by atoms with E-state index in [-0.39, 0.29) is 0 Å². The summed E-state index contributed by atoms with van der Waals surface area (Å²) in [5.41, 5.74) is 9.62. The number of hydrogen-bond acceptors (Lipinski definition) is 2. The van der Waals surface area contributed by atoms with Gasteiger partial charge in [0.1, 0.15) is 0 Å². The molecular formula is C46H38N4. The molecule has 50 heavy (non-hydrogen) atoms. The number of nitrogens with zero attached hydrogens (tertiary/aromatic N) is 4. The minimum atomic E-state index is 0.498. The molecule has 0 atom stereocenters. The summed E-state index contributed by atoms with van der Waals surface area (Å²) in [4.78, 5) is 19.2. The lowest BCUT2D eigenvalue weighted by Gasteiger charge is -2.14. The number of aromatic nitrogens is 1. The molecule has 0 radical (unpaired) electrons. The minimum absolute atomic E-state index is 0.498. The highest BCUT2D eigenvalue weighted by Gasteiger charge is 2.14. The van der Waals surface area contributed by atoms with Crippen LogP contribution in [-0.2, 0) is 6.54 Å². The monoisotopic (exact) mass is 646 g/mol. The van der Waals surface area contributed by atoms with Crippen molar-refractivity contribution in [2.45, 2.75) is 26.8 Å². The average molecular weight is 647 g/mol. The number of allylic oxidation sites excluding steroid dienone is 1. The predicted molar refractivity (Wildman–Crippen MR) is 213 cm³/mol. The van der Waals surface area contributed by atoms with Gasteiger partial charge in [-0.3, -0.25) is 9.98 Å². The lowest BCUT2D eigenvalue weighted by atomic mass is 9.92. The largest absolute Gasteiger partial charge is 0.263 e. The van der Waals surface area contributed by atoms with E-state index in [1.807, 2.05) is 67.0 Å². The van der Waals surface area contributed by atoms with Crippen LogP contribution >= 0.6 is 0 Å². The molecule has 1 aromatic heterocycles. The highest BCUT2D eigenvalue weighted by Crippen LogP contribution is 2.35. The molecule has 0 bridgehead atoms. The number of pyridine rings is 1. The molecule has 1 heterocycles. The van der Waals surface area contributed by atoms with Gasteiger partial charge in [-0.05, 0) is 93.9 Å². The molecule has 0 saturated heterocycles. The van der Waals surface area contributed by atoms with E-state index in [4.69, 9.17) is 9.98 Å². The van der Waals surface area contributed by atoms with Crippen LogP contribution in [0, 0.1) is 6.92 Å². The fourth-order valence-corrected chi connectivity index (χ4v) is 6.34. The maximum atomic E-state index is 5.10. The van der Waals surface area contributed by atoms with Crippen molar-refractivity contribution >= 4 is 46.0 Å². The molecule has 0 spiro atoms. The number of aliphatic imine (C=N–C) groups is 3. The zero-order valence-electron chi connectivity index (χ0n) is 28.4. The Morgan fingerprint density at radius 1 is 0.660 bits per heavy atom. The number of fused-ring (bicyclic) bond motifs is 2.